The third-order valence-corrected chi connectivity index (χ3v) is 23.2. The van der Waals surface area contributed by atoms with Crippen LogP contribution in [0.5, 0.6) is 11.5 Å². The Hall–Kier alpha value is -7.30. The van der Waals surface area contributed by atoms with Crippen molar-refractivity contribution in [2.45, 2.75) is 210 Å². The minimum absolute atomic E-state index is 0.0469. The Morgan fingerprint density at radius 2 is 0.798 bits per heavy atom. The van der Waals surface area contributed by atoms with Gasteiger partial charge in [0, 0.05) is 47.7 Å². The fourth-order valence-corrected chi connectivity index (χ4v) is 17.2. The quantitative estimate of drug-likeness (QED) is 0.0181. The van der Waals surface area contributed by atoms with Gasteiger partial charge in [-0.05, 0) is 158 Å². The topological polar surface area (TPSA) is 274 Å². The summed E-state index contributed by atoms with van der Waals surface area (Å²) in [5.41, 5.74) is 0.346. The molecular formula is C83H110O20S6. The highest BCUT2D eigenvalue weighted by Crippen LogP contribution is 2.41. The van der Waals surface area contributed by atoms with Crippen molar-refractivity contribution in [1.29, 1.82) is 0 Å². The largest absolute Gasteiger partial charge is 0.507 e. The molecule has 109 heavy (non-hydrogen) atoms. The first-order valence-electron chi connectivity index (χ1n) is 37.5. The molecule has 26 heteroatoms. The number of ether oxygens (including phenoxy) is 5. The maximum absolute atomic E-state index is 12.9. The van der Waals surface area contributed by atoms with Gasteiger partial charge in [-0.15, -0.1) is 0 Å². The number of unbranched alkanes of at least 4 members (excludes halogenated alkanes) is 4. The zero-order valence-corrected chi connectivity index (χ0v) is 67.7. The van der Waals surface area contributed by atoms with E-state index < -0.39 is 101 Å². The van der Waals surface area contributed by atoms with Crippen molar-refractivity contribution in [1.82, 2.24) is 0 Å². The maximum atomic E-state index is 12.9. The molecule has 3 aromatic rings. The smallest absolute Gasteiger partial charge is 0.451 e. The van der Waals surface area contributed by atoms with Gasteiger partial charge in [0.25, 0.3) is 0 Å². The molecule has 0 spiro atoms. The normalized spacial score (nSPS) is 15.5. The number of allylic oxidation sites excluding steroid dienone is 20. The molecule has 0 bridgehead atoms. The van der Waals surface area contributed by atoms with E-state index >= 15 is 0 Å². The summed E-state index contributed by atoms with van der Waals surface area (Å²) >= 11 is 0. The Bertz CT molecular complexity index is 3640. The van der Waals surface area contributed by atoms with Crippen LogP contribution in [0.25, 0.3) is 0 Å². The first-order chi connectivity index (χ1) is 53.0. The number of phenolic OH excluding ortho intramolecular Hbond substituents is 1. The summed E-state index contributed by atoms with van der Waals surface area (Å²) < 4.78 is 96.5. The molecule has 3 aromatic carbocycles. The molecule has 2 aliphatic heterocycles. The van der Waals surface area contributed by atoms with Gasteiger partial charge in [0.05, 0.1) is 0 Å². The molecule has 2 fully saturated rings. The molecule has 1 N–H and O–H groups in total. The van der Waals surface area contributed by atoms with Crippen LogP contribution < -0.4 is 4.74 Å². The highest BCUT2D eigenvalue weighted by atomic mass is 33.1. The van der Waals surface area contributed by atoms with Crippen LogP contribution in [0.2, 0.25) is 0 Å². The highest BCUT2D eigenvalue weighted by molar-refractivity contribution is 8.77. The lowest BCUT2D eigenvalue weighted by Gasteiger charge is -2.18. The second kappa shape index (κ2) is 60.4. The van der Waals surface area contributed by atoms with Gasteiger partial charge in [-0.3, -0.25) is 19.2 Å². The van der Waals surface area contributed by atoms with Crippen LogP contribution in [0.1, 0.15) is 207 Å². The number of phenols is 1. The van der Waals surface area contributed by atoms with E-state index in [1.165, 1.54) is 55.3 Å². The SMILES string of the molecule is CC/C=C\C/C=C\C/C=C\C/C=C\C/C=C\CCCC(=O)O[C@H](COC(=O)CCCC[C@@H]1CCSS1)COS(=O)(=O)OC(=O)c1ccccc1O.CC/C=C\C/C=C\C/C=C\C/C=C\C/C=C\CCCC(=O)O[C@H](COC(=O)CCCC[C@@H]1CCSS1)COS(=O)(=O)OC(=O)c1ccccc1OCc1ccccc1. The van der Waals surface area contributed by atoms with Gasteiger partial charge < -0.3 is 37.2 Å². The minimum atomic E-state index is -4.92. The maximum Gasteiger partial charge on any atom is 0.451 e. The van der Waals surface area contributed by atoms with Gasteiger partial charge in [-0.2, -0.15) is 16.8 Å². The molecule has 0 radical (unpaired) electrons. The highest BCUT2D eigenvalue weighted by Gasteiger charge is 2.29. The molecule has 0 saturated carbocycles. The average Bonchev–Trinajstić information content (AvgIpc) is 1.22. The molecule has 598 valence electrons. The number of hydrogen-bond acceptors (Lipinski definition) is 24. The van der Waals surface area contributed by atoms with E-state index in [0.717, 1.165) is 107 Å². The van der Waals surface area contributed by atoms with E-state index in [4.69, 9.17) is 36.2 Å². The predicted molar refractivity (Wildman–Crippen MR) is 438 cm³/mol. The lowest BCUT2D eigenvalue weighted by molar-refractivity contribution is -0.161. The van der Waals surface area contributed by atoms with Gasteiger partial charge in [0.2, 0.25) is 0 Å². The van der Waals surface area contributed by atoms with E-state index in [1.54, 1.807) is 6.07 Å². The first kappa shape index (κ1) is 94.1. The third-order valence-electron chi connectivity index (χ3n) is 15.7. The summed E-state index contributed by atoms with van der Waals surface area (Å²) in [6, 6.07) is 20.6. The van der Waals surface area contributed by atoms with Crippen molar-refractivity contribution in [2.24, 2.45) is 0 Å². The zero-order valence-electron chi connectivity index (χ0n) is 62.8. The van der Waals surface area contributed by atoms with Crippen molar-refractivity contribution >= 4 is 99.8 Å². The number of rotatable bonds is 55. The summed E-state index contributed by atoms with van der Waals surface area (Å²) in [5, 5.41) is 11.0. The van der Waals surface area contributed by atoms with Crippen molar-refractivity contribution in [3.05, 3.63) is 217 Å². The van der Waals surface area contributed by atoms with E-state index in [-0.39, 0.29) is 49.2 Å². The van der Waals surface area contributed by atoms with Crippen molar-refractivity contribution in [2.75, 3.05) is 37.9 Å². The molecule has 5 rings (SSSR count). The Morgan fingerprint density at radius 3 is 1.20 bits per heavy atom. The van der Waals surface area contributed by atoms with Crippen LogP contribution in [0.4, 0.5) is 0 Å². The molecule has 4 atom stereocenters. The third kappa shape index (κ3) is 48.9. The van der Waals surface area contributed by atoms with Crippen LogP contribution in [0.15, 0.2) is 200 Å². The second-order valence-electron chi connectivity index (χ2n) is 24.9. The number of carbonyl (C=O) groups is 6. The van der Waals surface area contributed by atoms with Crippen LogP contribution in [-0.4, -0.2) is 118 Å². The molecule has 0 aliphatic carbocycles. The van der Waals surface area contributed by atoms with Crippen molar-refractivity contribution < 1.29 is 91.1 Å². The molecule has 0 unspecified atom stereocenters. The molecule has 20 nitrogen and oxygen atoms in total. The number of para-hydroxylation sites is 2. The Balaban J connectivity index is 0.000000464. The van der Waals surface area contributed by atoms with Gasteiger partial charge >= 0.3 is 56.6 Å². The number of esters is 4. The number of hydrogen-bond donors (Lipinski definition) is 1. The van der Waals surface area contributed by atoms with Crippen LogP contribution >= 0.6 is 43.2 Å². The molecule has 0 amide bonds. The van der Waals surface area contributed by atoms with E-state index in [0.29, 0.717) is 49.0 Å². The lowest BCUT2D eigenvalue weighted by atomic mass is 10.1. The predicted octanol–water partition coefficient (Wildman–Crippen LogP) is 19.7. The zero-order chi connectivity index (χ0) is 78.5. The number of carbonyl (C=O) groups excluding carboxylic acids is 6. The molecule has 2 saturated heterocycles. The summed E-state index contributed by atoms with van der Waals surface area (Å²) in [5.74, 6) is -2.85. The molecule has 2 heterocycles. The van der Waals surface area contributed by atoms with Gasteiger partial charge in [0.1, 0.15) is 55.7 Å². The summed E-state index contributed by atoms with van der Waals surface area (Å²) in [4.78, 5) is 75.4. The second-order valence-corrected chi connectivity index (χ2v) is 32.9. The Morgan fingerprint density at radius 1 is 0.431 bits per heavy atom. The summed E-state index contributed by atoms with van der Waals surface area (Å²) in [7, 11) is -2.31. The fraction of sp³-hybridized carbons (Fsp3) is 0.470. The van der Waals surface area contributed by atoms with Crippen LogP contribution in [-0.2, 0) is 82.3 Å². The lowest BCUT2D eigenvalue weighted by Crippen LogP contribution is -2.31. The fourth-order valence-electron chi connectivity index (χ4n) is 9.90. The standard InChI is InChI=1S/C45H58O10S3.C38H52O10S3/c1-2-3-4-5-6-7-8-9-10-11-12-13-14-15-16-17-21-32-44(47)54-39(36-52-43(46)31-25-22-28-40-33-34-56-57-40)37-53-58(49,50)55-45(48)41-29-23-24-30-42(41)51-35-38-26-19-18-20-27-38;1-2-3-4-5-6-7-8-9-10-11-12-13-14-15-16-17-18-27-37(41)47-32(30-45-36(40)26-22-19-23-33-28-29-49-50-33)31-46-51(43,44)48-38(42)34-24-20-21-25-35(34)39/h3-4,6-7,9-10,12-13,15-16,18-20,23-24,26-27,29-30,39-40H,2,5,8,11,14,17,21-22,25,28,31-37H2,1H3;3-4,6-7,9-10,12-13,15-16,20-21,24-25,32-33,39H,2,5,8,11,14,17-19,22-23,26-31H2,1H3/b2*4-3-,7-6-,10-9-,13-12-,16-15-/t39-,40-;32-,33-/m11/s1. The monoisotopic (exact) mass is 1620 g/mol. The van der Waals surface area contributed by atoms with Crippen LogP contribution in [0.3, 0.4) is 0 Å². The van der Waals surface area contributed by atoms with Gasteiger partial charge in [-0.25, -0.2) is 18.0 Å². The van der Waals surface area contributed by atoms with E-state index in [1.807, 2.05) is 97.8 Å². The molecular weight excluding hydrogens is 1510 g/mol. The Labute approximate surface area is 663 Å². The Kier molecular flexibility index (Phi) is 52.2. The van der Waals surface area contributed by atoms with Crippen molar-refractivity contribution in [3.63, 3.8) is 0 Å². The first-order valence-corrected chi connectivity index (χ1v) is 44.9. The summed E-state index contributed by atoms with van der Waals surface area (Å²) in [6.45, 7) is 2.05. The average molecular weight is 1620 g/mol. The van der Waals surface area contributed by atoms with E-state index in [9.17, 15) is 50.7 Å². The van der Waals surface area contributed by atoms with Gasteiger partial charge in [0.15, 0.2) is 12.2 Å². The number of aromatic hydroxyl groups is 1. The van der Waals surface area contributed by atoms with Gasteiger partial charge in [-0.1, -0.05) is 246 Å². The van der Waals surface area contributed by atoms with Crippen molar-refractivity contribution in [3.8, 4) is 11.5 Å². The molecule has 2 aliphatic rings. The summed E-state index contributed by atoms with van der Waals surface area (Å²) in [6.07, 6.45) is 59.1. The van der Waals surface area contributed by atoms with E-state index in [2.05, 4.69) is 115 Å². The van der Waals surface area contributed by atoms with Crippen LogP contribution in [0, 0.1) is 0 Å². The number of benzene rings is 3. The minimum Gasteiger partial charge on any atom is -0.507 e. The molecule has 0 aromatic heterocycles.